The van der Waals surface area contributed by atoms with Gasteiger partial charge >= 0.3 is 18.9 Å². The Hall–Kier alpha value is -2.81. The molecule has 0 bridgehead atoms. The van der Waals surface area contributed by atoms with Crippen LogP contribution in [0.15, 0.2) is 12.3 Å². The summed E-state index contributed by atoms with van der Waals surface area (Å²) in [6, 6.07) is 1.15. The van der Waals surface area contributed by atoms with Crippen molar-refractivity contribution in [3.05, 3.63) is 29.2 Å². The molecule has 0 spiro atoms. The van der Waals surface area contributed by atoms with E-state index in [0.717, 1.165) is 24.2 Å². The van der Waals surface area contributed by atoms with Crippen molar-refractivity contribution in [1.29, 1.82) is 0 Å². The second kappa shape index (κ2) is 10.8. The van der Waals surface area contributed by atoms with Crippen LogP contribution in [-0.4, -0.2) is 33.7 Å². The van der Waals surface area contributed by atoms with E-state index in [0.29, 0.717) is 18.7 Å². The fourth-order valence-electron chi connectivity index (χ4n) is 2.90. The lowest BCUT2D eigenvalue weighted by Gasteiger charge is -2.17. The van der Waals surface area contributed by atoms with E-state index in [2.05, 4.69) is 14.8 Å². The van der Waals surface area contributed by atoms with Crippen LogP contribution >= 0.6 is 0 Å². The molecular weight excluding hydrogens is 413 g/mol. The van der Waals surface area contributed by atoms with Crippen LogP contribution in [0.25, 0.3) is 11.3 Å². The number of hydrogen-bond acceptors (Lipinski definition) is 5. The molecule has 0 aliphatic carbocycles. The van der Waals surface area contributed by atoms with Crippen LogP contribution in [0.5, 0.6) is 5.75 Å². The summed E-state index contributed by atoms with van der Waals surface area (Å²) >= 11 is 0. The number of ether oxygens (including phenoxy) is 1. The number of halogens is 5. The van der Waals surface area contributed by atoms with Crippen LogP contribution < -0.4 is 4.74 Å². The number of rotatable bonds is 7. The van der Waals surface area contributed by atoms with Crippen molar-refractivity contribution in [3.8, 4) is 17.0 Å². The Morgan fingerprint density at radius 1 is 1.23 bits per heavy atom. The molecule has 0 unspecified atom stereocenters. The first-order chi connectivity index (χ1) is 14.0. The largest absolute Gasteiger partial charge is 0.434 e. The average Bonchev–Trinajstić information content (AvgIpc) is 2.97. The Morgan fingerprint density at radius 3 is 2.30 bits per heavy atom. The summed E-state index contributed by atoms with van der Waals surface area (Å²) in [5.41, 5.74) is 2.51. The maximum absolute atomic E-state index is 12.9. The molecule has 2 rings (SSSR count). The van der Waals surface area contributed by atoms with Crippen molar-refractivity contribution in [2.24, 2.45) is 5.92 Å². The van der Waals surface area contributed by atoms with E-state index in [9.17, 15) is 22.0 Å². The molecule has 30 heavy (non-hydrogen) atoms. The summed E-state index contributed by atoms with van der Waals surface area (Å²) in [5.74, 6) is -1.85. The minimum Gasteiger partial charge on any atom is -0.434 e. The highest BCUT2D eigenvalue weighted by atomic mass is 19.4. The smallest absolute Gasteiger partial charge is 0.391 e. The van der Waals surface area contributed by atoms with Crippen LogP contribution in [0.1, 0.15) is 37.7 Å². The predicted octanol–water partition coefficient (Wildman–Crippen LogP) is 4.59. The molecule has 166 valence electrons. The monoisotopic (exact) mass is 435 g/mol. The summed E-state index contributed by atoms with van der Waals surface area (Å²) in [4.78, 5) is 20.3. The van der Waals surface area contributed by atoms with Crippen LogP contribution in [0.3, 0.4) is 0 Å². The van der Waals surface area contributed by atoms with Gasteiger partial charge < -0.3 is 4.74 Å². The summed E-state index contributed by atoms with van der Waals surface area (Å²) < 4.78 is 70.5. The highest BCUT2D eigenvalue weighted by Crippen LogP contribution is 2.36. The van der Waals surface area contributed by atoms with Gasteiger partial charge in [-0.1, -0.05) is 13.8 Å². The number of aromatic nitrogens is 3. The SMILES string of the molecule is CCc1nn(CC)c(-c2cnc(C[C@@H](C)C(F)(F)F)cc2OC(F)F)c1C.O=C=O. The van der Waals surface area contributed by atoms with Gasteiger partial charge in [-0.15, -0.1) is 0 Å². The zero-order chi connectivity index (χ0) is 23.1. The third-order valence-corrected chi connectivity index (χ3v) is 4.39. The molecule has 0 aromatic carbocycles. The van der Waals surface area contributed by atoms with Gasteiger partial charge in [0.1, 0.15) is 5.75 Å². The second-order valence-corrected chi connectivity index (χ2v) is 6.37. The van der Waals surface area contributed by atoms with Crippen LogP contribution in [0, 0.1) is 12.8 Å². The Kier molecular flexibility index (Phi) is 9.10. The minimum absolute atomic E-state index is 0.0372. The fourth-order valence-corrected chi connectivity index (χ4v) is 2.90. The maximum Gasteiger partial charge on any atom is 0.391 e. The normalized spacial score (nSPS) is 12.2. The third-order valence-electron chi connectivity index (χ3n) is 4.39. The molecule has 2 aromatic rings. The minimum atomic E-state index is -4.39. The van der Waals surface area contributed by atoms with E-state index in [1.54, 1.807) is 4.68 Å². The molecule has 0 fully saturated rings. The van der Waals surface area contributed by atoms with Crippen molar-refractivity contribution in [2.45, 2.75) is 59.9 Å². The van der Waals surface area contributed by atoms with E-state index in [1.165, 1.54) is 6.20 Å². The fraction of sp³-hybridized carbons (Fsp3) is 0.526. The van der Waals surface area contributed by atoms with Gasteiger partial charge in [-0.05, 0) is 25.8 Å². The number of aryl methyl sites for hydroxylation is 2. The van der Waals surface area contributed by atoms with Gasteiger partial charge in [0, 0.05) is 30.9 Å². The highest BCUT2D eigenvalue weighted by Gasteiger charge is 2.36. The molecule has 0 amide bonds. The first-order valence-electron chi connectivity index (χ1n) is 9.06. The second-order valence-electron chi connectivity index (χ2n) is 6.37. The topological polar surface area (TPSA) is 74.1 Å². The zero-order valence-electron chi connectivity index (χ0n) is 16.9. The number of pyridine rings is 1. The molecule has 0 aliphatic rings. The lowest BCUT2D eigenvalue weighted by molar-refractivity contribution is -0.191. The number of carbonyl (C=O) groups excluding carboxylic acids is 2. The van der Waals surface area contributed by atoms with Crippen LogP contribution in [0.4, 0.5) is 22.0 Å². The molecular formula is C19H22F5N3O3. The van der Waals surface area contributed by atoms with Crippen molar-refractivity contribution in [3.63, 3.8) is 0 Å². The van der Waals surface area contributed by atoms with Crippen molar-refractivity contribution in [1.82, 2.24) is 14.8 Å². The Labute approximate surface area is 170 Å². The lowest BCUT2D eigenvalue weighted by atomic mass is 10.0. The van der Waals surface area contributed by atoms with Gasteiger partial charge in [0.15, 0.2) is 0 Å². The number of nitrogens with zero attached hydrogens (tertiary/aromatic N) is 3. The van der Waals surface area contributed by atoms with E-state index in [-0.39, 0.29) is 23.2 Å². The van der Waals surface area contributed by atoms with E-state index in [1.807, 2.05) is 20.8 Å². The van der Waals surface area contributed by atoms with Gasteiger partial charge in [0.2, 0.25) is 0 Å². The van der Waals surface area contributed by atoms with Gasteiger partial charge in [0.05, 0.1) is 22.9 Å². The lowest BCUT2D eigenvalue weighted by Crippen LogP contribution is -2.22. The molecule has 2 aromatic heterocycles. The molecule has 6 nitrogen and oxygen atoms in total. The predicted molar refractivity (Wildman–Crippen MR) is 95.8 cm³/mol. The quantitative estimate of drug-likeness (QED) is 0.595. The Morgan fingerprint density at radius 2 is 1.83 bits per heavy atom. The van der Waals surface area contributed by atoms with E-state index in [4.69, 9.17) is 9.59 Å². The summed E-state index contributed by atoms with van der Waals surface area (Å²) in [6.07, 6.45) is -2.62. The molecule has 0 saturated carbocycles. The molecule has 11 heteroatoms. The summed E-state index contributed by atoms with van der Waals surface area (Å²) in [5, 5.41) is 4.44. The molecule has 1 atom stereocenters. The average molecular weight is 435 g/mol. The third kappa shape index (κ3) is 6.35. The zero-order valence-corrected chi connectivity index (χ0v) is 16.9. The maximum atomic E-state index is 12.9. The van der Waals surface area contributed by atoms with Crippen molar-refractivity contribution < 1.29 is 36.3 Å². The van der Waals surface area contributed by atoms with Gasteiger partial charge in [-0.3, -0.25) is 9.67 Å². The van der Waals surface area contributed by atoms with Crippen molar-refractivity contribution in [2.75, 3.05) is 0 Å². The first kappa shape index (κ1) is 25.2. The number of alkyl halides is 5. The number of hydrogen-bond donors (Lipinski definition) is 0. The highest BCUT2D eigenvalue weighted by molar-refractivity contribution is 5.70. The molecule has 0 aliphatic heterocycles. The van der Waals surface area contributed by atoms with Gasteiger partial charge in [0.25, 0.3) is 0 Å². The molecule has 0 N–H and O–H groups in total. The summed E-state index contributed by atoms with van der Waals surface area (Å²) in [6.45, 7) is 4.01. The molecule has 0 radical (unpaired) electrons. The molecule has 0 saturated heterocycles. The standard InChI is InChI=1S/C18H22F5N3O.CO2/c1-5-14-11(4)16(26(6-2)25-14)13-9-24-12(7-10(3)18(21,22)23)8-15(13)27-17(19)20;2-1-3/h8-10,17H,5-7H2,1-4H3;/t10-;/m1./s1. The first-order valence-corrected chi connectivity index (χ1v) is 9.06. The Balaban J connectivity index is 0.00000141. The Bertz CT molecular complexity index is 875. The van der Waals surface area contributed by atoms with Crippen LogP contribution in [0.2, 0.25) is 0 Å². The van der Waals surface area contributed by atoms with E-state index < -0.39 is 25.1 Å². The molecule has 2 heterocycles. The van der Waals surface area contributed by atoms with Crippen LogP contribution in [-0.2, 0) is 29.0 Å². The summed E-state index contributed by atoms with van der Waals surface area (Å²) in [7, 11) is 0. The van der Waals surface area contributed by atoms with E-state index >= 15 is 0 Å². The van der Waals surface area contributed by atoms with Gasteiger partial charge in [-0.2, -0.15) is 36.6 Å². The van der Waals surface area contributed by atoms with Gasteiger partial charge in [-0.25, -0.2) is 0 Å². The van der Waals surface area contributed by atoms with Crippen molar-refractivity contribution >= 4 is 6.15 Å².